The van der Waals surface area contributed by atoms with Gasteiger partial charge in [-0.05, 0) is 40.2 Å². The summed E-state index contributed by atoms with van der Waals surface area (Å²) >= 11 is 4.36. The van der Waals surface area contributed by atoms with Crippen LogP contribution in [0.3, 0.4) is 0 Å². The van der Waals surface area contributed by atoms with Crippen LogP contribution in [0.1, 0.15) is 0 Å². The van der Waals surface area contributed by atoms with Crippen LogP contribution in [0, 0.1) is 0 Å². The molecular formula is C12H13BrN2O3S2. The average molecular weight is 377 g/mol. The molecule has 1 aromatic carbocycles. The molecule has 3 N–H and O–H groups in total. The third-order valence-corrected chi connectivity index (χ3v) is 6.51. The second-order valence-electron chi connectivity index (χ2n) is 3.92. The van der Waals surface area contributed by atoms with Gasteiger partial charge in [-0.15, -0.1) is 11.3 Å². The molecule has 1 heterocycles. The molecule has 2 rings (SSSR count). The van der Waals surface area contributed by atoms with E-state index >= 15 is 0 Å². The number of rotatable bonds is 5. The molecule has 108 valence electrons. The summed E-state index contributed by atoms with van der Waals surface area (Å²) in [5.41, 5.74) is 6.55. The largest absolute Gasteiger partial charge is 0.397 e. The van der Waals surface area contributed by atoms with Gasteiger partial charge in [-0.25, -0.2) is 8.42 Å². The minimum Gasteiger partial charge on any atom is -0.397 e. The number of hydrogen-bond donors (Lipinski definition) is 2. The van der Waals surface area contributed by atoms with Crippen LogP contribution < -0.4 is 10.0 Å². The van der Waals surface area contributed by atoms with Crippen molar-refractivity contribution in [2.75, 3.05) is 23.2 Å². The van der Waals surface area contributed by atoms with Crippen molar-refractivity contribution in [2.45, 2.75) is 4.21 Å². The van der Waals surface area contributed by atoms with Crippen LogP contribution in [-0.4, -0.2) is 26.7 Å². The number of anilines is 2. The zero-order chi connectivity index (χ0) is 14.8. The lowest BCUT2D eigenvalue weighted by atomic mass is 10.3. The number of aliphatic hydroxyl groups excluding tert-OH is 1. The molecular weight excluding hydrogens is 364 g/mol. The Bertz CT molecular complexity index is 700. The molecule has 0 aliphatic rings. The van der Waals surface area contributed by atoms with E-state index in [4.69, 9.17) is 10.8 Å². The Labute approximate surface area is 129 Å². The Balaban J connectivity index is 2.51. The minimum atomic E-state index is -3.74. The molecule has 0 unspecified atom stereocenters. The highest BCUT2D eigenvalue weighted by Gasteiger charge is 2.27. The highest BCUT2D eigenvalue weighted by Crippen LogP contribution is 2.33. The Morgan fingerprint density at radius 3 is 2.50 bits per heavy atom. The first-order valence-corrected chi connectivity index (χ1v) is 8.75. The smallest absolute Gasteiger partial charge is 0.274 e. The molecule has 0 aliphatic heterocycles. The van der Waals surface area contributed by atoms with Crippen LogP contribution in [0.15, 0.2) is 44.4 Å². The van der Waals surface area contributed by atoms with E-state index in [1.807, 2.05) is 0 Å². The molecule has 1 aromatic heterocycles. The Morgan fingerprint density at radius 2 is 1.95 bits per heavy atom. The normalized spacial score (nSPS) is 11.5. The van der Waals surface area contributed by atoms with Gasteiger partial charge in [0, 0.05) is 0 Å². The third-order valence-electron chi connectivity index (χ3n) is 2.60. The topological polar surface area (TPSA) is 83.6 Å². The second kappa shape index (κ2) is 6.13. The van der Waals surface area contributed by atoms with Gasteiger partial charge in [0.25, 0.3) is 10.0 Å². The zero-order valence-corrected chi connectivity index (χ0v) is 13.6. The van der Waals surface area contributed by atoms with Crippen molar-refractivity contribution in [1.29, 1.82) is 0 Å². The van der Waals surface area contributed by atoms with Crippen molar-refractivity contribution in [3.8, 4) is 0 Å². The number of nitrogens with two attached hydrogens (primary N) is 1. The molecule has 0 atom stereocenters. The number of nitrogen functional groups attached to an aromatic ring is 1. The van der Waals surface area contributed by atoms with E-state index in [1.54, 1.807) is 30.3 Å². The maximum absolute atomic E-state index is 12.6. The number of hydrogen-bond acceptors (Lipinski definition) is 5. The van der Waals surface area contributed by atoms with Crippen LogP contribution in [0.4, 0.5) is 11.4 Å². The molecule has 0 fully saturated rings. The average Bonchev–Trinajstić information content (AvgIpc) is 2.84. The predicted octanol–water partition coefficient (Wildman–Crippen LogP) is 2.28. The molecule has 8 heteroatoms. The maximum atomic E-state index is 12.6. The lowest BCUT2D eigenvalue weighted by Gasteiger charge is -2.24. The molecule has 0 saturated heterocycles. The van der Waals surface area contributed by atoms with E-state index in [0.717, 1.165) is 19.4 Å². The first-order valence-electron chi connectivity index (χ1n) is 5.70. The number of sulfonamides is 1. The number of nitrogens with zero attached hydrogens (tertiary/aromatic N) is 1. The zero-order valence-electron chi connectivity index (χ0n) is 10.4. The summed E-state index contributed by atoms with van der Waals surface area (Å²) < 4.78 is 27.3. The summed E-state index contributed by atoms with van der Waals surface area (Å²) in [6, 6.07) is 9.86. The summed E-state index contributed by atoms with van der Waals surface area (Å²) in [4.78, 5) is 0. The molecule has 0 amide bonds. The van der Waals surface area contributed by atoms with Crippen molar-refractivity contribution in [3.63, 3.8) is 0 Å². The van der Waals surface area contributed by atoms with Crippen molar-refractivity contribution in [2.24, 2.45) is 0 Å². The van der Waals surface area contributed by atoms with E-state index in [1.165, 1.54) is 6.07 Å². The number of para-hydroxylation sites is 2. The van der Waals surface area contributed by atoms with Crippen molar-refractivity contribution < 1.29 is 13.5 Å². The molecule has 0 aliphatic carbocycles. The van der Waals surface area contributed by atoms with Crippen molar-refractivity contribution in [1.82, 2.24) is 0 Å². The lowest BCUT2D eigenvalue weighted by Crippen LogP contribution is -2.33. The number of thiophene rings is 1. The first kappa shape index (κ1) is 15.3. The summed E-state index contributed by atoms with van der Waals surface area (Å²) in [5.74, 6) is 0. The highest BCUT2D eigenvalue weighted by atomic mass is 79.9. The van der Waals surface area contributed by atoms with Crippen LogP contribution in [0.5, 0.6) is 0 Å². The van der Waals surface area contributed by atoms with Gasteiger partial charge in [0.15, 0.2) is 0 Å². The molecule has 0 radical (unpaired) electrons. The van der Waals surface area contributed by atoms with Crippen LogP contribution in [0.2, 0.25) is 0 Å². The van der Waals surface area contributed by atoms with Gasteiger partial charge in [-0.2, -0.15) is 0 Å². The fourth-order valence-corrected chi connectivity index (χ4v) is 5.33. The van der Waals surface area contributed by atoms with Gasteiger partial charge in [0.2, 0.25) is 0 Å². The van der Waals surface area contributed by atoms with Crippen molar-refractivity contribution in [3.05, 3.63) is 40.2 Å². The number of halogens is 1. The van der Waals surface area contributed by atoms with Crippen LogP contribution in [-0.2, 0) is 10.0 Å². The molecule has 20 heavy (non-hydrogen) atoms. The summed E-state index contributed by atoms with van der Waals surface area (Å²) in [5, 5.41) is 9.15. The SMILES string of the molecule is Nc1ccccc1N(CCO)S(=O)(=O)c1ccc(Br)s1. The second-order valence-corrected chi connectivity index (χ2v) is 8.47. The quantitative estimate of drug-likeness (QED) is 0.784. The van der Waals surface area contributed by atoms with Crippen LogP contribution in [0.25, 0.3) is 0 Å². The van der Waals surface area contributed by atoms with Crippen molar-refractivity contribution >= 4 is 48.7 Å². The van der Waals surface area contributed by atoms with E-state index in [-0.39, 0.29) is 17.4 Å². The van der Waals surface area contributed by atoms with Gasteiger partial charge in [0.05, 0.1) is 28.3 Å². The Hall–Kier alpha value is -1.09. The molecule has 5 nitrogen and oxygen atoms in total. The van der Waals surface area contributed by atoms with E-state index in [0.29, 0.717) is 11.4 Å². The standard InChI is InChI=1S/C12H13BrN2O3S2/c13-11-5-6-12(19-11)20(17,18)15(7-8-16)10-4-2-1-3-9(10)14/h1-6,16H,7-8,14H2. The van der Waals surface area contributed by atoms with Gasteiger partial charge < -0.3 is 10.8 Å². The van der Waals surface area contributed by atoms with Crippen LogP contribution >= 0.6 is 27.3 Å². The summed E-state index contributed by atoms with van der Waals surface area (Å²) in [6.07, 6.45) is 0. The number of benzene rings is 1. The highest BCUT2D eigenvalue weighted by molar-refractivity contribution is 9.11. The summed E-state index contributed by atoms with van der Waals surface area (Å²) in [6.45, 7) is -0.341. The first-order chi connectivity index (χ1) is 9.46. The van der Waals surface area contributed by atoms with Gasteiger partial charge in [0.1, 0.15) is 4.21 Å². The Kier molecular flexibility index (Phi) is 4.69. The predicted molar refractivity (Wildman–Crippen MR) is 84.5 cm³/mol. The van der Waals surface area contributed by atoms with Gasteiger partial charge in [-0.3, -0.25) is 4.31 Å². The molecule has 2 aromatic rings. The minimum absolute atomic E-state index is 0.0495. The number of aliphatic hydroxyl groups is 1. The third kappa shape index (κ3) is 2.98. The molecule has 0 bridgehead atoms. The van der Waals surface area contributed by atoms with Gasteiger partial charge in [-0.1, -0.05) is 12.1 Å². The fourth-order valence-electron chi connectivity index (χ4n) is 1.72. The molecule has 0 spiro atoms. The van der Waals surface area contributed by atoms with E-state index in [2.05, 4.69) is 15.9 Å². The Morgan fingerprint density at radius 1 is 1.25 bits per heavy atom. The molecule has 0 saturated carbocycles. The maximum Gasteiger partial charge on any atom is 0.274 e. The lowest BCUT2D eigenvalue weighted by molar-refractivity contribution is 0.307. The summed E-state index contributed by atoms with van der Waals surface area (Å²) in [7, 11) is -3.74. The van der Waals surface area contributed by atoms with E-state index in [9.17, 15) is 8.42 Å². The van der Waals surface area contributed by atoms with E-state index < -0.39 is 10.0 Å². The fraction of sp³-hybridized carbons (Fsp3) is 0.167. The van der Waals surface area contributed by atoms with Gasteiger partial charge >= 0.3 is 0 Å². The monoisotopic (exact) mass is 376 g/mol.